The lowest BCUT2D eigenvalue weighted by Gasteiger charge is -2.20. The molecule has 2 unspecified atom stereocenters. The number of halogens is 2. The van der Waals surface area contributed by atoms with Crippen LogP contribution in [0.4, 0.5) is 0 Å². The fourth-order valence-corrected chi connectivity index (χ4v) is 2.26. The van der Waals surface area contributed by atoms with Gasteiger partial charge in [0.1, 0.15) is 12.5 Å². The summed E-state index contributed by atoms with van der Waals surface area (Å²) in [5.41, 5.74) is 15.8. The summed E-state index contributed by atoms with van der Waals surface area (Å²) in [4.78, 5) is 0. The van der Waals surface area contributed by atoms with Gasteiger partial charge >= 0.3 is 0 Å². The van der Waals surface area contributed by atoms with Gasteiger partial charge in [0.05, 0.1) is 0 Å². The molecule has 0 aliphatic carbocycles. The number of hydrogen-bond acceptors (Lipinski definition) is 3. The van der Waals surface area contributed by atoms with Crippen molar-refractivity contribution in [3.8, 4) is 0 Å². The lowest BCUT2D eigenvalue weighted by atomic mass is 10.1. The molecule has 0 radical (unpaired) electrons. The molecular formula is C16H18Cl2N2O. The number of nitrogens with two attached hydrogens (primary N) is 2. The van der Waals surface area contributed by atoms with Crippen molar-refractivity contribution in [1.82, 2.24) is 0 Å². The van der Waals surface area contributed by atoms with Crippen molar-refractivity contribution in [2.24, 2.45) is 11.5 Å². The maximum Gasteiger partial charge on any atom is 0.134 e. The highest BCUT2D eigenvalue weighted by Gasteiger charge is 2.13. The Bertz CT molecular complexity index is 506. The average molecular weight is 325 g/mol. The van der Waals surface area contributed by atoms with Crippen LogP contribution < -0.4 is 11.5 Å². The van der Waals surface area contributed by atoms with Crippen LogP contribution in [0.25, 0.3) is 0 Å². The minimum Gasteiger partial charge on any atom is -0.337 e. The van der Waals surface area contributed by atoms with Crippen molar-refractivity contribution in [3.05, 3.63) is 70.8 Å². The van der Waals surface area contributed by atoms with E-state index in [4.69, 9.17) is 39.4 Å². The second kappa shape index (κ2) is 7.78. The summed E-state index contributed by atoms with van der Waals surface area (Å²) in [5, 5.41) is 0. The van der Waals surface area contributed by atoms with Crippen molar-refractivity contribution < 1.29 is 4.74 Å². The Kier molecular flexibility index (Phi) is 6.03. The van der Waals surface area contributed by atoms with Crippen LogP contribution in [-0.2, 0) is 16.5 Å². The number of hydrogen-bond donors (Lipinski definition) is 2. The molecule has 2 aromatic rings. The molecule has 0 bridgehead atoms. The molecule has 0 fully saturated rings. The summed E-state index contributed by atoms with van der Waals surface area (Å²) >= 11 is 11.5. The molecule has 2 aromatic carbocycles. The predicted octanol–water partition coefficient (Wildman–Crippen LogP) is 3.80. The Labute approximate surface area is 134 Å². The van der Waals surface area contributed by atoms with Crippen molar-refractivity contribution in [1.29, 1.82) is 0 Å². The van der Waals surface area contributed by atoms with Crippen LogP contribution in [0.5, 0.6) is 0 Å². The van der Waals surface area contributed by atoms with E-state index < -0.39 is 12.5 Å². The van der Waals surface area contributed by atoms with Crippen LogP contribution >= 0.6 is 23.2 Å². The fraction of sp³-hybridized carbons (Fsp3) is 0.250. The highest BCUT2D eigenvalue weighted by Crippen LogP contribution is 2.21. The third kappa shape index (κ3) is 4.43. The van der Waals surface area contributed by atoms with Gasteiger partial charge in [-0.3, -0.25) is 0 Å². The van der Waals surface area contributed by atoms with E-state index in [1.54, 1.807) is 0 Å². The van der Waals surface area contributed by atoms with Gasteiger partial charge in [0.2, 0.25) is 0 Å². The zero-order valence-electron chi connectivity index (χ0n) is 11.5. The number of benzene rings is 2. The maximum atomic E-state index is 6.02. The van der Waals surface area contributed by atoms with Crippen molar-refractivity contribution in [2.75, 3.05) is 0 Å². The molecule has 0 amide bonds. The zero-order chi connectivity index (χ0) is 15.2. The first kappa shape index (κ1) is 16.3. The molecule has 4 N–H and O–H groups in total. The molecule has 112 valence electrons. The topological polar surface area (TPSA) is 61.3 Å². The number of alkyl halides is 2. The summed E-state index contributed by atoms with van der Waals surface area (Å²) in [6, 6.07) is 15.3. The Morgan fingerprint density at radius 2 is 1.05 bits per heavy atom. The maximum absolute atomic E-state index is 6.02. The summed E-state index contributed by atoms with van der Waals surface area (Å²) in [6.07, 6.45) is -1.17. The highest BCUT2D eigenvalue weighted by molar-refractivity contribution is 6.17. The standard InChI is InChI=1S/C16H18Cl2N2O/c17-9-11-1-5-13(6-2-11)15(19)21-16(20)14-7-3-12(10-18)4-8-14/h1-8,15-16H,9-10,19-20H2. The Hall–Kier alpha value is -1.10. The second-order valence-corrected chi connectivity index (χ2v) is 5.26. The van der Waals surface area contributed by atoms with E-state index in [0.29, 0.717) is 11.8 Å². The van der Waals surface area contributed by atoms with Crippen LogP contribution in [-0.4, -0.2) is 0 Å². The van der Waals surface area contributed by atoms with E-state index in [-0.39, 0.29) is 0 Å². The number of ether oxygens (including phenoxy) is 1. The molecule has 3 nitrogen and oxygen atoms in total. The Balaban J connectivity index is 2.01. The van der Waals surface area contributed by atoms with Gasteiger partial charge in [0, 0.05) is 11.8 Å². The molecule has 0 aromatic heterocycles. The van der Waals surface area contributed by atoms with Gasteiger partial charge in [-0.15, -0.1) is 23.2 Å². The first-order valence-corrected chi connectivity index (χ1v) is 7.67. The van der Waals surface area contributed by atoms with E-state index in [1.165, 1.54) is 0 Å². The Morgan fingerprint density at radius 1 is 0.714 bits per heavy atom. The summed E-state index contributed by atoms with van der Waals surface area (Å²) in [6.45, 7) is 0. The van der Waals surface area contributed by atoms with Crippen molar-refractivity contribution >= 4 is 23.2 Å². The van der Waals surface area contributed by atoms with E-state index in [0.717, 1.165) is 22.3 Å². The lowest BCUT2D eigenvalue weighted by molar-refractivity contribution is -0.00832. The van der Waals surface area contributed by atoms with E-state index in [1.807, 2.05) is 48.5 Å². The molecule has 0 aliphatic heterocycles. The number of rotatable bonds is 6. The van der Waals surface area contributed by atoms with Crippen LogP contribution in [0.1, 0.15) is 34.7 Å². The van der Waals surface area contributed by atoms with Crippen LogP contribution in [0.2, 0.25) is 0 Å². The lowest BCUT2D eigenvalue weighted by Crippen LogP contribution is -2.23. The van der Waals surface area contributed by atoms with Crippen molar-refractivity contribution in [2.45, 2.75) is 24.2 Å². The average Bonchev–Trinajstić information content (AvgIpc) is 2.55. The van der Waals surface area contributed by atoms with Gasteiger partial charge in [-0.1, -0.05) is 48.5 Å². The van der Waals surface area contributed by atoms with Crippen LogP contribution in [0, 0.1) is 0 Å². The molecule has 2 atom stereocenters. The van der Waals surface area contributed by atoms with Gasteiger partial charge in [-0.2, -0.15) is 0 Å². The first-order valence-electron chi connectivity index (χ1n) is 6.60. The third-order valence-corrected chi connectivity index (χ3v) is 3.84. The minimum atomic E-state index is -0.586. The molecule has 21 heavy (non-hydrogen) atoms. The normalized spacial score (nSPS) is 13.9. The molecule has 0 spiro atoms. The smallest absolute Gasteiger partial charge is 0.134 e. The molecule has 0 saturated carbocycles. The molecule has 2 rings (SSSR count). The van der Waals surface area contributed by atoms with Crippen LogP contribution in [0.3, 0.4) is 0 Å². The summed E-state index contributed by atoms with van der Waals surface area (Å²) in [5.74, 6) is 0.950. The van der Waals surface area contributed by atoms with E-state index in [9.17, 15) is 0 Å². The van der Waals surface area contributed by atoms with Crippen molar-refractivity contribution in [3.63, 3.8) is 0 Å². The van der Waals surface area contributed by atoms with Gasteiger partial charge in [0.25, 0.3) is 0 Å². The molecule has 0 saturated heterocycles. The van der Waals surface area contributed by atoms with E-state index >= 15 is 0 Å². The van der Waals surface area contributed by atoms with Gasteiger partial charge in [-0.25, -0.2) is 0 Å². The quantitative estimate of drug-likeness (QED) is 0.627. The van der Waals surface area contributed by atoms with Crippen LogP contribution in [0.15, 0.2) is 48.5 Å². The van der Waals surface area contributed by atoms with E-state index in [2.05, 4.69) is 0 Å². The largest absolute Gasteiger partial charge is 0.337 e. The molecule has 0 heterocycles. The molecule has 5 heteroatoms. The minimum absolute atomic E-state index is 0.475. The third-order valence-electron chi connectivity index (χ3n) is 3.22. The SMILES string of the molecule is NC(OC(N)c1ccc(CCl)cc1)c1ccc(CCl)cc1. The highest BCUT2D eigenvalue weighted by atomic mass is 35.5. The zero-order valence-corrected chi connectivity index (χ0v) is 13.0. The Morgan fingerprint density at radius 3 is 1.33 bits per heavy atom. The summed E-state index contributed by atoms with van der Waals surface area (Å²) < 4.78 is 5.66. The predicted molar refractivity (Wildman–Crippen MR) is 86.9 cm³/mol. The van der Waals surface area contributed by atoms with Gasteiger partial charge in [0.15, 0.2) is 0 Å². The molecular weight excluding hydrogens is 307 g/mol. The fourth-order valence-electron chi connectivity index (χ4n) is 1.91. The first-order chi connectivity index (χ1) is 10.1. The monoisotopic (exact) mass is 324 g/mol. The van der Waals surface area contributed by atoms with Gasteiger partial charge < -0.3 is 16.2 Å². The summed E-state index contributed by atoms with van der Waals surface area (Å²) in [7, 11) is 0. The molecule has 0 aliphatic rings. The van der Waals surface area contributed by atoms with Gasteiger partial charge in [-0.05, 0) is 22.3 Å². The second-order valence-electron chi connectivity index (χ2n) is 4.73.